The van der Waals surface area contributed by atoms with Crippen LogP contribution in [-0.4, -0.2) is 26.1 Å². The van der Waals surface area contributed by atoms with Crippen LogP contribution >= 0.6 is 0 Å². The molecule has 0 aromatic carbocycles. The summed E-state index contributed by atoms with van der Waals surface area (Å²) < 4.78 is 27.9. The first-order valence-corrected chi connectivity index (χ1v) is 6.38. The molecule has 1 saturated carbocycles. The zero-order chi connectivity index (χ0) is 10.3. The van der Waals surface area contributed by atoms with E-state index in [1.807, 2.05) is 6.92 Å². The standard InChI is InChI=1S/C9H14O4S/c1-6-5-13-14(11,12)9-4-7(10)2-3-8(6)9/h6,8-9H,2-5H2,1H3/t6-,8+,9+/m1/s1. The van der Waals surface area contributed by atoms with Crippen LogP contribution in [0.1, 0.15) is 26.2 Å². The van der Waals surface area contributed by atoms with Crippen molar-refractivity contribution in [3.8, 4) is 0 Å². The Kier molecular flexibility index (Phi) is 2.39. The summed E-state index contributed by atoms with van der Waals surface area (Å²) in [7, 11) is -3.47. The molecule has 1 aliphatic heterocycles. The van der Waals surface area contributed by atoms with Crippen LogP contribution in [-0.2, 0) is 19.1 Å². The Bertz CT molecular complexity index is 346. The van der Waals surface area contributed by atoms with E-state index in [1.165, 1.54) is 0 Å². The van der Waals surface area contributed by atoms with Gasteiger partial charge in [0, 0.05) is 12.8 Å². The molecule has 80 valence electrons. The molecule has 1 saturated heterocycles. The summed E-state index contributed by atoms with van der Waals surface area (Å²) in [5.74, 6) is 0.413. The van der Waals surface area contributed by atoms with Gasteiger partial charge in [0.1, 0.15) is 5.78 Å². The Morgan fingerprint density at radius 1 is 1.43 bits per heavy atom. The lowest BCUT2D eigenvalue weighted by molar-refractivity contribution is -0.121. The first kappa shape index (κ1) is 10.1. The molecule has 0 bridgehead atoms. The number of hydrogen-bond acceptors (Lipinski definition) is 4. The molecule has 3 atom stereocenters. The highest BCUT2D eigenvalue weighted by Crippen LogP contribution is 2.37. The van der Waals surface area contributed by atoms with Crippen molar-refractivity contribution in [2.75, 3.05) is 6.61 Å². The smallest absolute Gasteiger partial charge is 0.270 e. The third-order valence-corrected chi connectivity index (χ3v) is 4.98. The van der Waals surface area contributed by atoms with Crippen molar-refractivity contribution in [1.29, 1.82) is 0 Å². The van der Waals surface area contributed by atoms with Crippen LogP contribution in [0.15, 0.2) is 0 Å². The van der Waals surface area contributed by atoms with Gasteiger partial charge in [0.2, 0.25) is 0 Å². The van der Waals surface area contributed by atoms with Crippen LogP contribution in [0.3, 0.4) is 0 Å². The molecule has 14 heavy (non-hydrogen) atoms. The Labute approximate surface area is 83.8 Å². The maximum atomic E-state index is 11.5. The molecule has 1 heterocycles. The second-order valence-electron chi connectivity index (χ2n) is 4.24. The first-order valence-electron chi connectivity index (χ1n) is 4.90. The molecule has 0 N–H and O–H groups in total. The largest absolute Gasteiger partial charge is 0.300 e. The Balaban J connectivity index is 2.28. The van der Waals surface area contributed by atoms with Gasteiger partial charge in [-0.25, -0.2) is 0 Å². The van der Waals surface area contributed by atoms with Gasteiger partial charge in [-0.3, -0.25) is 8.98 Å². The van der Waals surface area contributed by atoms with Gasteiger partial charge in [-0.15, -0.1) is 0 Å². The lowest BCUT2D eigenvalue weighted by atomic mass is 9.80. The number of Topliss-reactive ketones (excluding diaryl/α,β-unsaturated/α-hetero) is 1. The van der Waals surface area contributed by atoms with Gasteiger partial charge < -0.3 is 0 Å². The van der Waals surface area contributed by atoms with Crippen molar-refractivity contribution >= 4 is 15.9 Å². The number of ketones is 1. The van der Waals surface area contributed by atoms with Gasteiger partial charge >= 0.3 is 0 Å². The summed E-state index contributed by atoms with van der Waals surface area (Å²) >= 11 is 0. The molecular formula is C9H14O4S. The second-order valence-corrected chi connectivity index (χ2v) is 6.07. The molecule has 2 fully saturated rings. The Morgan fingerprint density at radius 3 is 2.86 bits per heavy atom. The Morgan fingerprint density at radius 2 is 2.14 bits per heavy atom. The van der Waals surface area contributed by atoms with Crippen molar-refractivity contribution in [2.45, 2.75) is 31.4 Å². The van der Waals surface area contributed by atoms with Crippen LogP contribution in [0.25, 0.3) is 0 Å². The zero-order valence-electron chi connectivity index (χ0n) is 8.10. The summed E-state index contributed by atoms with van der Waals surface area (Å²) in [6.45, 7) is 2.26. The van der Waals surface area contributed by atoms with Crippen LogP contribution in [0, 0.1) is 11.8 Å². The van der Waals surface area contributed by atoms with Gasteiger partial charge in [0.25, 0.3) is 10.1 Å². The van der Waals surface area contributed by atoms with Crippen LogP contribution < -0.4 is 0 Å². The fourth-order valence-electron chi connectivity index (χ4n) is 2.37. The highest BCUT2D eigenvalue weighted by atomic mass is 32.2. The van der Waals surface area contributed by atoms with E-state index >= 15 is 0 Å². The minimum atomic E-state index is -3.47. The van der Waals surface area contributed by atoms with Crippen molar-refractivity contribution in [3.63, 3.8) is 0 Å². The molecule has 2 aliphatic rings. The lowest BCUT2D eigenvalue weighted by Gasteiger charge is -2.37. The van der Waals surface area contributed by atoms with Crippen LogP contribution in [0.4, 0.5) is 0 Å². The van der Waals surface area contributed by atoms with Crippen LogP contribution in [0.5, 0.6) is 0 Å². The minimum Gasteiger partial charge on any atom is -0.300 e. The molecule has 2 rings (SSSR count). The summed E-state index contributed by atoms with van der Waals surface area (Å²) in [6, 6.07) is 0. The molecular weight excluding hydrogens is 204 g/mol. The first-order chi connectivity index (χ1) is 6.50. The van der Waals surface area contributed by atoms with E-state index < -0.39 is 15.4 Å². The number of rotatable bonds is 0. The van der Waals surface area contributed by atoms with Gasteiger partial charge in [0.05, 0.1) is 11.9 Å². The maximum Gasteiger partial charge on any atom is 0.270 e. The summed E-state index contributed by atoms with van der Waals surface area (Å²) in [4.78, 5) is 11.2. The molecule has 4 nitrogen and oxygen atoms in total. The summed E-state index contributed by atoms with van der Waals surface area (Å²) in [5.41, 5.74) is 0. The van der Waals surface area contributed by atoms with Crippen molar-refractivity contribution in [3.05, 3.63) is 0 Å². The molecule has 0 radical (unpaired) electrons. The normalized spacial score (nSPS) is 41.8. The summed E-state index contributed by atoms with van der Waals surface area (Å²) in [6.07, 6.45) is 1.38. The van der Waals surface area contributed by atoms with E-state index in [0.717, 1.165) is 0 Å². The fourth-order valence-corrected chi connectivity index (χ4v) is 4.17. The molecule has 0 aromatic rings. The van der Waals surface area contributed by atoms with E-state index in [0.29, 0.717) is 12.8 Å². The molecule has 1 aliphatic carbocycles. The SMILES string of the molecule is C[C@@H]1COS(=O)(=O)[C@H]2CC(=O)CC[C@@H]12. The van der Waals surface area contributed by atoms with Gasteiger partial charge in [-0.1, -0.05) is 6.92 Å². The van der Waals surface area contributed by atoms with Gasteiger partial charge in [0.15, 0.2) is 0 Å². The quantitative estimate of drug-likeness (QED) is 0.562. The molecule has 5 heteroatoms. The minimum absolute atomic E-state index is 0.0486. The van der Waals surface area contributed by atoms with E-state index in [9.17, 15) is 13.2 Å². The van der Waals surface area contributed by atoms with E-state index in [2.05, 4.69) is 0 Å². The number of carbonyl (C=O) groups is 1. The predicted octanol–water partition coefficient (Wildman–Crippen LogP) is 0.720. The Hall–Kier alpha value is -0.420. The van der Waals surface area contributed by atoms with Crippen LogP contribution in [0.2, 0.25) is 0 Å². The average molecular weight is 218 g/mol. The monoisotopic (exact) mass is 218 g/mol. The van der Waals surface area contributed by atoms with E-state index in [1.54, 1.807) is 0 Å². The van der Waals surface area contributed by atoms with Crippen molar-refractivity contribution in [2.24, 2.45) is 11.8 Å². The highest BCUT2D eigenvalue weighted by molar-refractivity contribution is 7.87. The third kappa shape index (κ3) is 1.59. The number of fused-ring (bicyclic) bond motifs is 1. The van der Waals surface area contributed by atoms with Crippen molar-refractivity contribution in [1.82, 2.24) is 0 Å². The van der Waals surface area contributed by atoms with Gasteiger partial charge in [-0.2, -0.15) is 8.42 Å². The molecule has 0 spiro atoms. The molecule has 0 aromatic heterocycles. The lowest BCUT2D eigenvalue weighted by Crippen LogP contribution is -2.45. The van der Waals surface area contributed by atoms with Crippen molar-refractivity contribution < 1.29 is 17.4 Å². The predicted molar refractivity (Wildman–Crippen MR) is 50.2 cm³/mol. The fraction of sp³-hybridized carbons (Fsp3) is 0.889. The molecule has 0 unspecified atom stereocenters. The summed E-state index contributed by atoms with van der Waals surface area (Å²) in [5, 5.41) is -0.576. The average Bonchev–Trinajstić information content (AvgIpc) is 2.12. The van der Waals surface area contributed by atoms with Gasteiger partial charge in [-0.05, 0) is 18.3 Å². The van der Waals surface area contributed by atoms with E-state index in [4.69, 9.17) is 4.18 Å². The number of hydrogen-bond donors (Lipinski definition) is 0. The highest BCUT2D eigenvalue weighted by Gasteiger charge is 2.45. The second kappa shape index (κ2) is 3.31. The third-order valence-electron chi connectivity index (χ3n) is 3.26. The molecule has 0 amide bonds. The topological polar surface area (TPSA) is 60.4 Å². The maximum absolute atomic E-state index is 11.5. The number of carbonyl (C=O) groups excluding carboxylic acids is 1. The zero-order valence-corrected chi connectivity index (χ0v) is 8.92. The van der Waals surface area contributed by atoms with E-state index in [-0.39, 0.29) is 30.6 Å².